The zero-order valence-electron chi connectivity index (χ0n) is 14.7. The smallest absolute Gasteiger partial charge is 0.211 e. The summed E-state index contributed by atoms with van der Waals surface area (Å²) in [5.74, 6) is 1.25. The lowest BCUT2D eigenvalue weighted by atomic mass is 9.98. The monoisotopic (exact) mass is 355 g/mol. The zero-order chi connectivity index (χ0) is 17.6. The highest BCUT2D eigenvalue weighted by molar-refractivity contribution is 7.88. The first-order chi connectivity index (χ1) is 11.4. The Morgan fingerprint density at radius 3 is 2.58 bits per heavy atom. The molecule has 7 nitrogen and oxygen atoms in total. The van der Waals surface area contributed by atoms with Crippen molar-refractivity contribution in [1.82, 2.24) is 14.9 Å². The molecule has 136 valence electrons. The van der Waals surface area contributed by atoms with Crippen molar-refractivity contribution in [3.8, 4) is 6.07 Å². The molecule has 2 atom stereocenters. The van der Waals surface area contributed by atoms with E-state index in [1.54, 1.807) is 4.31 Å². The van der Waals surface area contributed by atoms with Gasteiger partial charge in [0, 0.05) is 32.2 Å². The van der Waals surface area contributed by atoms with Crippen LogP contribution in [0.1, 0.15) is 39.0 Å². The average Bonchev–Trinajstić information content (AvgIpc) is 2.99. The van der Waals surface area contributed by atoms with E-state index in [4.69, 9.17) is 0 Å². The van der Waals surface area contributed by atoms with Crippen LogP contribution in [-0.2, 0) is 10.0 Å². The first kappa shape index (κ1) is 19.0. The van der Waals surface area contributed by atoms with Gasteiger partial charge in [-0.05, 0) is 44.9 Å². The fourth-order valence-corrected chi connectivity index (χ4v) is 4.30. The highest BCUT2D eigenvalue weighted by Gasteiger charge is 2.28. The van der Waals surface area contributed by atoms with Gasteiger partial charge in [-0.15, -0.1) is 0 Å². The lowest BCUT2D eigenvalue weighted by Gasteiger charge is -2.29. The third-order valence-electron chi connectivity index (χ3n) is 4.90. The molecule has 1 aliphatic carbocycles. The molecule has 1 heterocycles. The van der Waals surface area contributed by atoms with Gasteiger partial charge >= 0.3 is 0 Å². The minimum Gasteiger partial charge on any atom is -0.357 e. The second kappa shape index (κ2) is 8.67. The molecule has 2 N–H and O–H groups in total. The van der Waals surface area contributed by atoms with Gasteiger partial charge in [0.2, 0.25) is 10.0 Å². The predicted molar refractivity (Wildman–Crippen MR) is 95.0 cm³/mol. The van der Waals surface area contributed by atoms with Gasteiger partial charge in [-0.2, -0.15) is 5.26 Å². The number of sulfonamides is 1. The molecule has 2 rings (SSSR count). The van der Waals surface area contributed by atoms with Crippen molar-refractivity contribution in [2.75, 3.05) is 32.4 Å². The van der Waals surface area contributed by atoms with E-state index in [1.807, 2.05) is 6.92 Å². The summed E-state index contributed by atoms with van der Waals surface area (Å²) in [4.78, 5) is 4.67. The van der Waals surface area contributed by atoms with Gasteiger partial charge in [-0.1, -0.05) is 0 Å². The highest BCUT2D eigenvalue weighted by Crippen LogP contribution is 2.25. The van der Waals surface area contributed by atoms with Crippen molar-refractivity contribution in [2.24, 2.45) is 16.8 Å². The number of guanidine groups is 1. The van der Waals surface area contributed by atoms with Crippen molar-refractivity contribution in [1.29, 1.82) is 5.26 Å². The van der Waals surface area contributed by atoms with Crippen molar-refractivity contribution in [2.45, 2.75) is 45.1 Å². The summed E-state index contributed by atoms with van der Waals surface area (Å²) >= 11 is 0. The fraction of sp³-hybridized carbons (Fsp3) is 0.875. The normalized spacial score (nSPS) is 27.0. The molecule has 0 bridgehead atoms. The van der Waals surface area contributed by atoms with Crippen LogP contribution in [0.2, 0.25) is 0 Å². The Balaban J connectivity index is 1.86. The molecule has 1 aliphatic heterocycles. The Morgan fingerprint density at radius 1 is 1.29 bits per heavy atom. The van der Waals surface area contributed by atoms with E-state index >= 15 is 0 Å². The molecule has 0 radical (unpaired) electrons. The van der Waals surface area contributed by atoms with Crippen molar-refractivity contribution in [3.63, 3.8) is 0 Å². The summed E-state index contributed by atoms with van der Waals surface area (Å²) in [6, 6.07) is 2.56. The van der Waals surface area contributed by atoms with Gasteiger partial charge < -0.3 is 10.6 Å². The average molecular weight is 356 g/mol. The Labute approximate surface area is 145 Å². The van der Waals surface area contributed by atoms with Gasteiger partial charge in [0.25, 0.3) is 0 Å². The number of nitriles is 1. The van der Waals surface area contributed by atoms with Crippen molar-refractivity contribution >= 4 is 16.0 Å². The van der Waals surface area contributed by atoms with Gasteiger partial charge in [-0.3, -0.25) is 4.99 Å². The molecule has 0 aromatic heterocycles. The second-order valence-corrected chi connectivity index (χ2v) is 8.72. The summed E-state index contributed by atoms with van der Waals surface area (Å²) in [5, 5.41) is 15.9. The molecule has 8 heteroatoms. The maximum absolute atomic E-state index is 11.5. The maximum Gasteiger partial charge on any atom is 0.211 e. The van der Waals surface area contributed by atoms with E-state index in [0.29, 0.717) is 25.6 Å². The van der Waals surface area contributed by atoms with E-state index < -0.39 is 10.0 Å². The standard InChI is InChI=1S/C16H29N5O2S/c1-3-18-16(20-15-6-4-5-14(15)11-17)19-12-13-7-9-21(10-8-13)24(2,22)23/h13-15H,3-10,12H2,1-2H3,(H2,18,19,20). The quantitative estimate of drug-likeness (QED) is 0.564. The number of nitrogens with zero attached hydrogens (tertiary/aromatic N) is 3. The minimum atomic E-state index is -3.07. The van der Waals surface area contributed by atoms with Crippen LogP contribution in [0.15, 0.2) is 4.99 Å². The maximum atomic E-state index is 11.5. The summed E-state index contributed by atoms with van der Waals surface area (Å²) in [7, 11) is -3.07. The van der Waals surface area contributed by atoms with E-state index in [9.17, 15) is 13.7 Å². The third kappa shape index (κ3) is 5.35. The van der Waals surface area contributed by atoms with Gasteiger partial charge in [0.1, 0.15) is 0 Å². The van der Waals surface area contributed by atoms with E-state index in [-0.39, 0.29) is 12.0 Å². The van der Waals surface area contributed by atoms with Crippen LogP contribution >= 0.6 is 0 Å². The predicted octanol–water partition coefficient (Wildman–Crippen LogP) is 0.905. The number of nitrogens with one attached hydrogen (secondary N) is 2. The zero-order valence-corrected chi connectivity index (χ0v) is 15.5. The Hall–Kier alpha value is -1.33. The van der Waals surface area contributed by atoms with Crippen molar-refractivity contribution in [3.05, 3.63) is 0 Å². The molecule has 2 fully saturated rings. The third-order valence-corrected chi connectivity index (χ3v) is 6.20. The fourth-order valence-electron chi connectivity index (χ4n) is 3.43. The summed E-state index contributed by atoms with van der Waals surface area (Å²) < 4.78 is 24.6. The summed E-state index contributed by atoms with van der Waals surface area (Å²) in [5.41, 5.74) is 0. The summed E-state index contributed by atoms with van der Waals surface area (Å²) in [6.45, 7) is 4.67. The van der Waals surface area contributed by atoms with Crippen LogP contribution < -0.4 is 10.6 Å². The minimum absolute atomic E-state index is 0.0619. The van der Waals surface area contributed by atoms with Gasteiger partial charge in [0.15, 0.2) is 5.96 Å². The number of aliphatic imine (C=N–C) groups is 1. The highest BCUT2D eigenvalue weighted by atomic mass is 32.2. The van der Waals surface area contributed by atoms with Crippen LogP contribution in [0.3, 0.4) is 0 Å². The molecular weight excluding hydrogens is 326 g/mol. The van der Waals surface area contributed by atoms with Crippen LogP contribution in [0, 0.1) is 23.2 Å². The van der Waals surface area contributed by atoms with E-state index in [0.717, 1.165) is 44.6 Å². The van der Waals surface area contributed by atoms with E-state index in [2.05, 4.69) is 21.7 Å². The van der Waals surface area contributed by atoms with E-state index in [1.165, 1.54) is 6.26 Å². The van der Waals surface area contributed by atoms with Crippen LogP contribution in [-0.4, -0.2) is 57.2 Å². The second-order valence-electron chi connectivity index (χ2n) is 6.74. The number of hydrogen-bond acceptors (Lipinski definition) is 4. The molecule has 2 unspecified atom stereocenters. The molecule has 0 aromatic carbocycles. The molecule has 0 aromatic rings. The van der Waals surface area contributed by atoms with Crippen LogP contribution in [0.5, 0.6) is 0 Å². The largest absolute Gasteiger partial charge is 0.357 e. The van der Waals surface area contributed by atoms with Gasteiger partial charge in [-0.25, -0.2) is 12.7 Å². The topological polar surface area (TPSA) is 97.6 Å². The van der Waals surface area contributed by atoms with Crippen molar-refractivity contribution < 1.29 is 8.42 Å². The summed E-state index contributed by atoms with van der Waals surface area (Å²) in [6.07, 6.45) is 6.01. The molecule has 24 heavy (non-hydrogen) atoms. The molecule has 2 aliphatic rings. The number of rotatable bonds is 5. The number of hydrogen-bond donors (Lipinski definition) is 2. The van der Waals surface area contributed by atoms with Crippen LogP contribution in [0.25, 0.3) is 0 Å². The van der Waals surface area contributed by atoms with Gasteiger partial charge in [0.05, 0.1) is 18.2 Å². The SMILES string of the molecule is CCNC(=NCC1CCN(S(C)(=O)=O)CC1)NC1CCCC1C#N. The van der Waals surface area contributed by atoms with Crippen LogP contribution in [0.4, 0.5) is 0 Å². The molecule has 0 spiro atoms. The first-order valence-electron chi connectivity index (χ1n) is 8.83. The molecule has 1 saturated heterocycles. The Kier molecular flexibility index (Phi) is 6.87. The molecule has 1 saturated carbocycles. The molecular formula is C16H29N5O2S. The number of piperidine rings is 1. The lowest BCUT2D eigenvalue weighted by Crippen LogP contribution is -2.45. The Morgan fingerprint density at radius 2 is 2.00 bits per heavy atom. The Bertz CT molecular complexity index is 576. The first-order valence-corrected chi connectivity index (χ1v) is 10.7. The lowest BCUT2D eigenvalue weighted by molar-refractivity contribution is 0.280. The molecule has 0 amide bonds.